The van der Waals surface area contributed by atoms with Gasteiger partial charge in [0, 0.05) is 24.9 Å². The van der Waals surface area contributed by atoms with Crippen LogP contribution in [0, 0.1) is 36.0 Å². The van der Waals surface area contributed by atoms with Crippen molar-refractivity contribution in [2.75, 3.05) is 12.1 Å². The van der Waals surface area contributed by atoms with Crippen LogP contribution in [0.2, 0.25) is 0 Å². The Morgan fingerprint density at radius 1 is 1.00 bits per heavy atom. The summed E-state index contributed by atoms with van der Waals surface area (Å²) in [5, 5.41) is 5.15. The van der Waals surface area contributed by atoms with E-state index >= 15 is 0 Å². The quantitative estimate of drug-likeness (QED) is 0.234. The third-order valence-corrected chi connectivity index (χ3v) is 4.11. The summed E-state index contributed by atoms with van der Waals surface area (Å²) in [7, 11) is 1.65. The van der Waals surface area contributed by atoms with Gasteiger partial charge < -0.3 is 9.75 Å². The van der Waals surface area contributed by atoms with E-state index in [0.717, 1.165) is 17.3 Å². The van der Waals surface area contributed by atoms with Crippen LogP contribution in [0.4, 0.5) is 27.6 Å². The van der Waals surface area contributed by atoms with Crippen molar-refractivity contribution in [1.29, 1.82) is 0 Å². The van der Waals surface area contributed by atoms with Gasteiger partial charge in [0.15, 0.2) is 23.3 Å². The maximum absolute atomic E-state index is 13.9. The smallest absolute Gasteiger partial charge is 0.233 e. The molecule has 3 aromatic rings. The first-order valence-corrected chi connectivity index (χ1v) is 7.99. The normalized spacial score (nSPS) is 11.0. The SMILES string of the molecule is Cc1cccc(N(C)N)c1COc1ccn(-c2c(F)c(F)c(F)c(F)c2F)n1. The van der Waals surface area contributed by atoms with E-state index in [4.69, 9.17) is 10.6 Å². The van der Waals surface area contributed by atoms with E-state index in [1.54, 1.807) is 13.1 Å². The molecule has 5 nitrogen and oxygen atoms in total. The standard InChI is InChI=1S/C18H15F5N4O/c1-9-4-3-5-11(26(2)24)10(9)8-28-12-6-7-27(25-12)18-16(22)14(20)13(19)15(21)17(18)23/h3-7H,8,24H2,1-2H3. The molecule has 28 heavy (non-hydrogen) atoms. The van der Waals surface area contributed by atoms with Crippen LogP contribution in [0.25, 0.3) is 5.69 Å². The second kappa shape index (κ2) is 7.47. The molecule has 0 aliphatic rings. The molecule has 148 valence electrons. The van der Waals surface area contributed by atoms with Gasteiger partial charge in [-0.3, -0.25) is 0 Å². The summed E-state index contributed by atoms with van der Waals surface area (Å²) in [6.07, 6.45) is 1.03. The molecule has 0 atom stereocenters. The fourth-order valence-electron chi connectivity index (χ4n) is 2.65. The molecule has 3 rings (SSSR count). The molecule has 1 heterocycles. The lowest BCUT2D eigenvalue weighted by atomic mass is 10.1. The minimum atomic E-state index is -2.24. The highest BCUT2D eigenvalue weighted by atomic mass is 19.2. The van der Waals surface area contributed by atoms with Crippen LogP contribution in [-0.4, -0.2) is 16.8 Å². The molecule has 0 unspecified atom stereocenters. The Balaban J connectivity index is 1.90. The number of halogens is 5. The number of nitrogens with two attached hydrogens (primary N) is 1. The Labute approximate surface area is 156 Å². The molecule has 0 aliphatic carbocycles. The van der Waals surface area contributed by atoms with Crippen LogP contribution in [-0.2, 0) is 6.61 Å². The zero-order chi connectivity index (χ0) is 20.6. The monoisotopic (exact) mass is 398 g/mol. The van der Waals surface area contributed by atoms with E-state index in [2.05, 4.69) is 5.10 Å². The molecule has 0 aliphatic heterocycles. The fraction of sp³-hybridized carbons (Fsp3) is 0.167. The first kappa shape index (κ1) is 19.6. The zero-order valence-corrected chi connectivity index (χ0v) is 14.8. The molecular formula is C18H15F5N4O. The summed E-state index contributed by atoms with van der Waals surface area (Å²) in [6, 6.07) is 6.68. The molecule has 0 saturated carbocycles. The number of nitrogens with zero attached hydrogens (tertiary/aromatic N) is 3. The van der Waals surface area contributed by atoms with Gasteiger partial charge >= 0.3 is 0 Å². The van der Waals surface area contributed by atoms with Gasteiger partial charge in [0.05, 0.1) is 5.69 Å². The van der Waals surface area contributed by atoms with Crippen molar-refractivity contribution in [3.05, 3.63) is 70.7 Å². The van der Waals surface area contributed by atoms with Gasteiger partial charge in [0.2, 0.25) is 11.7 Å². The molecule has 1 aromatic heterocycles. The highest BCUT2D eigenvalue weighted by Crippen LogP contribution is 2.27. The highest BCUT2D eigenvalue weighted by molar-refractivity contribution is 5.55. The Morgan fingerprint density at radius 2 is 1.61 bits per heavy atom. The first-order chi connectivity index (χ1) is 13.2. The number of hydrogen-bond donors (Lipinski definition) is 1. The third kappa shape index (κ3) is 3.38. The zero-order valence-electron chi connectivity index (χ0n) is 14.8. The number of anilines is 1. The predicted molar refractivity (Wildman–Crippen MR) is 91.5 cm³/mol. The molecule has 0 fully saturated rings. The van der Waals surface area contributed by atoms with Gasteiger partial charge in [-0.25, -0.2) is 32.5 Å². The summed E-state index contributed by atoms with van der Waals surface area (Å²) in [4.78, 5) is 0. The van der Waals surface area contributed by atoms with Gasteiger partial charge in [-0.05, 0) is 18.6 Å². The lowest BCUT2D eigenvalue weighted by Crippen LogP contribution is -2.26. The second-order valence-corrected chi connectivity index (χ2v) is 5.99. The van der Waals surface area contributed by atoms with Crippen LogP contribution >= 0.6 is 0 Å². The molecule has 0 radical (unpaired) electrons. The maximum atomic E-state index is 13.9. The summed E-state index contributed by atoms with van der Waals surface area (Å²) in [6.45, 7) is 1.87. The van der Waals surface area contributed by atoms with E-state index in [1.807, 2.05) is 19.1 Å². The van der Waals surface area contributed by atoms with E-state index < -0.39 is 34.8 Å². The average Bonchev–Trinajstić information content (AvgIpc) is 3.12. The van der Waals surface area contributed by atoms with Gasteiger partial charge in [0.25, 0.3) is 0 Å². The van der Waals surface area contributed by atoms with Crippen molar-refractivity contribution < 1.29 is 26.7 Å². The number of aryl methyl sites for hydroxylation is 1. The van der Waals surface area contributed by atoms with Crippen molar-refractivity contribution >= 4 is 5.69 Å². The van der Waals surface area contributed by atoms with Gasteiger partial charge in [-0.2, -0.15) is 0 Å². The Morgan fingerprint density at radius 3 is 2.21 bits per heavy atom. The first-order valence-electron chi connectivity index (χ1n) is 7.99. The number of benzene rings is 2. The second-order valence-electron chi connectivity index (χ2n) is 5.99. The Kier molecular flexibility index (Phi) is 5.23. The van der Waals surface area contributed by atoms with Crippen molar-refractivity contribution in [3.8, 4) is 11.6 Å². The van der Waals surface area contributed by atoms with Gasteiger partial charge in [-0.1, -0.05) is 12.1 Å². The van der Waals surface area contributed by atoms with Crippen LogP contribution < -0.4 is 15.6 Å². The number of aromatic nitrogens is 2. The highest BCUT2D eigenvalue weighted by Gasteiger charge is 2.27. The van der Waals surface area contributed by atoms with Crippen LogP contribution in [0.15, 0.2) is 30.5 Å². The number of hydrazine groups is 1. The number of ether oxygens (including phenoxy) is 1. The van der Waals surface area contributed by atoms with Gasteiger partial charge in [0.1, 0.15) is 12.3 Å². The van der Waals surface area contributed by atoms with Crippen LogP contribution in [0.3, 0.4) is 0 Å². The Bertz CT molecular complexity index is 1010. The summed E-state index contributed by atoms with van der Waals surface area (Å²) in [5.41, 5.74) is 1.14. The van der Waals surface area contributed by atoms with Crippen molar-refractivity contribution in [2.45, 2.75) is 13.5 Å². The van der Waals surface area contributed by atoms with Crippen molar-refractivity contribution in [2.24, 2.45) is 5.84 Å². The summed E-state index contributed by atoms with van der Waals surface area (Å²) >= 11 is 0. The molecule has 10 heteroatoms. The topological polar surface area (TPSA) is 56.3 Å². The maximum Gasteiger partial charge on any atom is 0.233 e. The molecule has 2 aromatic carbocycles. The van der Waals surface area contributed by atoms with E-state index in [1.165, 1.54) is 11.1 Å². The van der Waals surface area contributed by atoms with Gasteiger partial charge in [-0.15, -0.1) is 5.10 Å². The number of hydrogen-bond acceptors (Lipinski definition) is 4. The Hall–Kier alpha value is -3.14. The third-order valence-electron chi connectivity index (χ3n) is 4.11. The lowest BCUT2D eigenvalue weighted by Gasteiger charge is -2.18. The molecule has 2 N–H and O–H groups in total. The molecule has 0 amide bonds. The van der Waals surface area contributed by atoms with E-state index in [9.17, 15) is 22.0 Å². The van der Waals surface area contributed by atoms with E-state index in [-0.39, 0.29) is 12.5 Å². The molecule has 0 bridgehead atoms. The molecule has 0 saturated heterocycles. The van der Waals surface area contributed by atoms with E-state index in [0.29, 0.717) is 10.4 Å². The summed E-state index contributed by atoms with van der Waals surface area (Å²) < 4.78 is 73.8. The van der Waals surface area contributed by atoms with Crippen LogP contribution in [0.1, 0.15) is 11.1 Å². The van der Waals surface area contributed by atoms with Crippen molar-refractivity contribution in [1.82, 2.24) is 9.78 Å². The van der Waals surface area contributed by atoms with Crippen molar-refractivity contribution in [3.63, 3.8) is 0 Å². The minimum Gasteiger partial charge on any atom is -0.472 e. The van der Waals surface area contributed by atoms with Crippen LogP contribution in [0.5, 0.6) is 5.88 Å². The predicted octanol–water partition coefficient (Wildman–Crippen LogP) is 3.77. The largest absolute Gasteiger partial charge is 0.472 e. The lowest BCUT2D eigenvalue weighted by molar-refractivity contribution is 0.290. The average molecular weight is 398 g/mol. The molecular weight excluding hydrogens is 383 g/mol. The fourth-order valence-corrected chi connectivity index (χ4v) is 2.65. The molecule has 0 spiro atoms. The number of rotatable bonds is 5. The minimum absolute atomic E-state index is 0.0255. The summed E-state index contributed by atoms with van der Waals surface area (Å²) in [5.74, 6) is -4.61.